The lowest BCUT2D eigenvalue weighted by Gasteiger charge is -2.34. The predicted molar refractivity (Wildman–Crippen MR) is 99.2 cm³/mol. The van der Waals surface area contributed by atoms with Gasteiger partial charge in [-0.2, -0.15) is 0 Å². The first-order chi connectivity index (χ1) is 12.1. The molecule has 2 heterocycles. The molecule has 1 atom stereocenters. The summed E-state index contributed by atoms with van der Waals surface area (Å²) in [5, 5.41) is 3.32. The zero-order chi connectivity index (χ0) is 17.4. The van der Waals surface area contributed by atoms with Crippen LogP contribution in [0.2, 0.25) is 0 Å². The van der Waals surface area contributed by atoms with Crippen molar-refractivity contribution < 1.29 is 4.79 Å². The number of fused-ring (bicyclic) bond motifs is 1. The molecular formula is C20H22N4O. The molecular weight excluding hydrogens is 312 g/mol. The van der Waals surface area contributed by atoms with Gasteiger partial charge in [0, 0.05) is 36.9 Å². The monoisotopic (exact) mass is 334 g/mol. The van der Waals surface area contributed by atoms with E-state index in [-0.39, 0.29) is 11.9 Å². The number of imidazole rings is 1. The van der Waals surface area contributed by atoms with E-state index in [9.17, 15) is 4.79 Å². The van der Waals surface area contributed by atoms with E-state index in [1.54, 1.807) is 0 Å². The minimum absolute atomic E-state index is 0.0859. The molecule has 1 amide bonds. The Morgan fingerprint density at radius 3 is 2.76 bits per heavy atom. The standard InChI is InChI=1S/C20H22N4O/c1-14-13-21-10-11-23(14)20(25)16-8-9-19-18(12-16)22-15(2)24(19)17-6-4-3-5-7-17/h3-9,12,14,21H,10-11,13H2,1-2H3. The number of amides is 1. The van der Waals surface area contributed by atoms with E-state index in [1.165, 1.54) is 0 Å². The molecule has 25 heavy (non-hydrogen) atoms. The molecule has 5 heteroatoms. The van der Waals surface area contributed by atoms with Gasteiger partial charge in [-0.05, 0) is 44.2 Å². The van der Waals surface area contributed by atoms with Crippen molar-refractivity contribution >= 4 is 16.9 Å². The highest BCUT2D eigenvalue weighted by Crippen LogP contribution is 2.23. The molecule has 128 valence electrons. The van der Waals surface area contributed by atoms with Crippen molar-refractivity contribution in [2.24, 2.45) is 0 Å². The fourth-order valence-electron chi connectivity index (χ4n) is 3.55. The number of aryl methyl sites for hydroxylation is 1. The Kier molecular flexibility index (Phi) is 4.01. The second-order valence-electron chi connectivity index (χ2n) is 6.59. The molecule has 0 aliphatic carbocycles. The summed E-state index contributed by atoms with van der Waals surface area (Å²) in [7, 11) is 0. The van der Waals surface area contributed by atoms with Crippen LogP contribution in [0.25, 0.3) is 16.7 Å². The maximum Gasteiger partial charge on any atom is 0.254 e. The zero-order valence-electron chi connectivity index (χ0n) is 14.6. The number of benzene rings is 2. The van der Waals surface area contributed by atoms with E-state index in [1.807, 2.05) is 48.2 Å². The number of para-hydroxylation sites is 1. The molecule has 3 aromatic rings. The van der Waals surface area contributed by atoms with Gasteiger partial charge in [-0.3, -0.25) is 9.36 Å². The van der Waals surface area contributed by atoms with Crippen LogP contribution in [-0.4, -0.2) is 46.0 Å². The van der Waals surface area contributed by atoms with Crippen molar-refractivity contribution in [1.29, 1.82) is 0 Å². The number of aromatic nitrogens is 2. The molecule has 4 rings (SSSR count). The summed E-state index contributed by atoms with van der Waals surface area (Å²) in [4.78, 5) is 19.5. The highest BCUT2D eigenvalue weighted by Gasteiger charge is 2.24. The molecule has 1 fully saturated rings. The lowest BCUT2D eigenvalue weighted by Crippen LogP contribution is -2.52. The second-order valence-corrected chi connectivity index (χ2v) is 6.59. The molecule has 0 saturated carbocycles. The summed E-state index contributed by atoms with van der Waals surface area (Å²) in [5.74, 6) is 1.00. The van der Waals surface area contributed by atoms with Crippen LogP contribution in [0.5, 0.6) is 0 Å². The highest BCUT2D eigenvalue weighted by atomic mass is 16.2. The topological polar surface area (TPSA) is 50.2 Å². The van der Waals surface area contributed by atoms with Gasteiger partial charge in [0.2, 0.25) is 0 Å². The minimum Gasteiger partial charge on any atom is -0.333 e. The molecule has 1 saturated heterocycles. The Bertz CT molecular complexity index is 916. The Morgan fingerprint density at radius 2 is 2.00 bits per heavy atom. The summed E-state index contributed by atoms with van der Waals surface area (Å²) in [6.45, 7) is 6.51. The van der Waals surface area contributed by atoms with Crippen LogP contribution in [0.3, 0.4) is 0 Å². The average molecular weight is 334 g/mol. The summed E-state index contributed by atoms with van der Waals surface area (Å²) in [5.41, 5.74) is 3.67. The van der Waals surface area contributed by atoms with Crippen LogP contribution >= 0.6 is 0 Å². The maximum absolute atomic E-state index is 12.9. The first-order valence-corrected chi connectivity index (χ1v) is 8.71. The SMILES string of the molecule is Cc1nc2cc(C(=O)N3CCNCC3C)ccc2n1-c1ccccc1. The Morgan fingerprint density at radius 1 is 1.20 bits per heavy atom. The number of carbonyl (C=O) groups is 1. The van der Waals surface area contributed by atoms with Crippen LogP contribution in [-0.2, 0) is 0 Å². The van der Waals surface area contributed by atoms with Crippen LogP contribution in [0.15, 0.2) is 48.5 Å². The first-order valence-electron chi connectivity index (χ1n) is 8.71. The van der Waals surface area contributed by atoms with Crippen molar-refractivity contribution in [3.05, 3.63) is 59.9 Å². The van der Waals surface area contributed by atoms with Crippen LogP contribution in [0.4, 0.5) is 0 Å². The van der Waals surface area contributed by atoms with Gasteiger partial charge >= 0.3 is 0 Å². The maximum atomic E-state index is 12.9. The van der Waals surface area contributed by atoms with Crippen LogP contribution in [0, 0.1) is 6.92 Å². The lowest BCUT2D eigenvalue weighted by atomic mass is 10.1. The third kappa shape index (κ3) is 2.81. The van der Waals surface area contributed by atoms with E-state index in [4.69, 9.17) is 0 Å². The number of hydrogen-bond acceptors (Lipinski definition) is 3. The van der Waals surface area contributed by atoms with Crippen molar-refractivity contribution in [2.75, 3.05) is 19.6 Å². The third-order valence-corrected chi connectivity index (χ3v) is 4.85. The van der Waals surface area contributed by atoms with Gasteiger partial charge in [-0.1, -0.05) is 18.2 Å². The van der Waals surface area contributed by atoms with Crippen molar-refractivity contribution in [3.63, 3.8) is 0 Å². The molecule has 5 nitrogen and oxygen atoms in total. The molecule has 1 aliphatic rings. The quantitative estimate of drug-likeness (QED) is 0.784. The predicted octanol–water partition coefficient (Wildman–Crippen LogP) is 2.77. The number of carbonyl (C=O) groups excluding carboxylic acids is 1. The van der Waals surface area contributed by atoms with Crippen LogP contribution < -0.4 is 5.32 Å². The minimum atomic E-state index is 0.0859. The zero-order valence-corrected chi connectivity index (χ0v) is 14.6. The van der Waals surface area contributed by atoms with Crippen LogP contribution in [0.1, 0.15) is 23.1 Å². The Hall–Kier alpha value is -2.66. The lowest BCUT2D eigenvalue weighted by molar-refractivity contribution is 0.0656. The largest absolute Gasteiger partial charge is 0.333 e. The van der Waals surface area contributed by atoms with Crippen molar-refractivity contribution in [3.8, 4) is 5.69 Å². The van der Waals surface area contributed by atoms with E-state index >= 15 is 0 Å². The van der Waals surface area contributed by atoms with Crippen molar-refractivity contribution in [2.45, 2.75) is 19.9 Å². The van der Waals surface area contributed by atoms with Crippen molar-refractivity contribution in [1.82, 2.24) is 19.8 Å². The molecule has 1 unspecified atom stereocenters. The molecule has 1 N–H and O–H groups in total. The third-order valence-electron chi connectivity index (χ3n) is 4.85. The van der Waals surface area contributed by atoms with Gasteiger partial charge in [0.15, 0.2) is 0 Å². The Balaban J connectivity index is 1.73. The molecule has 0 bridgehead atoms. The number of nitrogens with one attached hydrogen (secondary N) is 1. The smallest absolute Gasteiger partial charge is 0.254 e. The van der Waals surface area contributed by atoms with E-state index in [2.05, 4.69) is 33.9 Å². The molecule has 0 spiro atoms. The molecule has 2 aromatic carbocycles. The summed E-state index contributed by atoms with van der Waals surface area (Å²) < 4.78 is 2.12. The number of piperazine rings is 1. The molecule has 1 aromatic heterocycles. The number of nitrogens with zero attached hydrogens (tertiary/aromatic N) is 3. The molecule has 1 aliphatic heterocycles. The average Bonchev–Trinajstić information content (AvgIpc) is 2.97. The molecule has 0 radical (unpaired) electrons. The normalized spacial score (nSPS) is 17.8. The second kappa shape index (κ2) is 6.33. The summed E-state index contributed by atoms with van der Waals surface area (Å²) in [6, 6.07) is 16.2. The van der Waals surface area contributed by atoms with Gasteiger partial charge < -0.3 is 10.2 Å². The van der Waals surface area contributed by atoms with Gasteiger partial charge in [0.05, 0.1) is 11.0 Å². The van der Waals surface area contributed by atoms with Gasteiger partial charge in [-0.25, -0.2) is 4.98 Å². The number of rotatable bonds is 2. The fraction of sp³-hybridized carbons (Fsp3) is 0.300. The highest BCUT2D eigenvalue weighted by molar-refractivity contribution is 5.98. The van der Waals surface area contributed by atoms with Gasteiger partial charge in [0.1, 0.15) is 5.82 Å². The summed E-state index contributed by atoms with van der Waals surface area (Å²) >= 11 is 0. The van der Waals surface area contributed by atoms with Gasteiger partial charge in [0.25, 0.3) is 5.91 Å². The van der Waals surface area contributed by atoms with E-state index in [0.29, 0.717) is 5.56 Å². The summed E-state index contributed by atoms with van der Waals surface area (Å²) in [6.07, 6.45) is 0. The fourth-order valence-corrected chi connectivity index (χ4v) is 3.55. The van der Waals surface area contributed by atoms with Gasteiger partial charge in [-0.15, -0.1) is 0 Å². The Labute approximate surface area is 147 Å². The van der Waals surface area contributed by atoms with E-state index < -0.39 is 0 Å². The van der Waals surface area contributed by atoms with E-state index in [0.717, 1.165) is 42.2 Å². The number of hydrogen-bond donors (Lipinski definition) is 1. The first kappa shape index (κ1) is 15.8.